The number of likely N-dealkylation sites (tertiary alicyclic amines) is 1. The maximum atomic E-state index is 6.55. The molecule has 2 rings (SSSR count). The molecular weight excluding hydrogens is 258 g/mol. The first kappa shape index (κ1) is 16.5. The summed E-state index contributed by atoms with van der Waals surface area (Å²) in [6, 6.07) is 11.3. The molecule has 3 heteroatoms. The van der Waals surface area contributed by atoms with E-state index in [4.69, 9.17) is 5.73 Å². The molecule has 0 amide bonds. The topological polar surface area (TPSA) is 32.5 Å². The predicted octanol–water partition coefficient (Wildman–Crippen LogP) is 2.74. The summed E-state index contributed by atoms with van der Waals surface area (Å²) in [4.78, 5) is 4.95. The average Bonchev–Trinajstić information content (AvgIpc) is 2.47. The zero-order valence-corrected chi connectivity index (χ0v) is 14.0. The molecule has 2 atom stereocenters. The second kappa shape index (κ2) is 6.91. The van der Waals surface area contributed by atoms with Crippen molar-refractivity contribution in [2.45, 2.75) is 38.8 Å². The van der Waals surface area contributed by atoms with E-state index < -0.39 is 0 Å². The van der Waals surface area contributed by atoms with Gasteiger partial charge in [0.1, 0.15) is 0 Å². The van der Waals surface area contributed by atoms with Crippen LogP contribution < -0.4 is 5.73 Å². The Morgan fingerprint density at radius 1 is 1.29 bits per heavy atom. The highest BCUT2D eigenvalue weighted by atomic mass is 15.2. The number of benzene rings is 1. The van der Waals surface area contributed by atoms with Gasteiger partial charge < -0.3 is 15.5 Å². The van der Waals surface area contributed by atoms with Crippen molar-refractivity contribution in [3.05, 3.63) is 35.9 Å². The van der Waals surface area contributed by atoms with Crippen molar-refractivity contribution in [3.63, 3.8) is 0 Å². The van der Waals surface area contributed by atoms with E-state index in [0.717, 1.165) is 13.1 Å². The second-order valence-corrected chi connectivity index (χ2v) is 7.37. The Labute approximate surface area is 130 Å². The SMILES string of the molecule is CN(C)C1CCCN(CC(C)(C)C(N)c2ccccc2)C1. The summed E-state index contributed by atoms with van der Waals surface area (Å²) < 4.78 is 0. The lowest BCUT2D eigenvalue weighted by Crippen LogP contribution is -2.49. The molecule has 0 bridgehead atoms. The monoisotopic (exact) mass is 289 g/mol. The fourth-order valence-electron chi connectivity index (χ4n) is 3.38. The average molecular weight is 289 g/mol. The van der Waals surface area contributed by atoms with E-state index >= 15 is 0 Å². The molecule has 0 radical (unpaired) electrons. The first-order chi connectivity index (χ1) is 9.90. The molecular formula is C18H31N3. The van der Waals surface area contributed by atoms with Crippen LogP contribution in [0, 0.1) is 5.41 Å². The maximum Gasteiger partial charge on any atom is 0.0359 e. The summed E-state index contributed by atoms with van der Waals surface area (Å²) in [5.41, 5.74) is 7.87. The first-order valence-corrected chi connectivity index (χ1v) is 8.09. The van der Waals surface area contributed by atoms with E-state index in [9.17, 15) is 0 Å². The van der Waals surface area contributed by atoms with Gasteiger partial charge in [-0.15, -0.1) is 0 Å². The van der Waals surface area contributed by atoms with Crippen LogP contribution in [0.1, 0.15) is 38.3 Å². The Balaban J connectivity index is 2.00. The van der Waals surface area contributed by atoms with Crippen molar-refractivity contribution in [2.24, 2.45) is 11.1 Å². The summed E-state index contributed by atoms with van der Waals surface area (Å²) in [5, 5.41) is 0. The predicted molar refractivity (Wildman–Crippen MR) is 90.3 cm³/mol. The highest BCUT2D eigenvalue weighted by Crippen LogP contribution is 2.33. The van der Waals surface area contributed by atoms with E-state index in [-0.39, 0.29) is 11.5 Å². The van der Waals surface area contributed by atoms with Gasteiger partial charge >= 0.3 is 0 Å². The van der Waals surface area contributed by atoms with Gasteiger partial charge in [-0.1, -0.05) is 44.2 Å². The molecule has 1 aromatic carbocycles. The van der Waals surface area contributed by atoms with Gasteiger partial charge in [-0.3, -0.25) is 0 Å². The molecule has 1 aliphatic heterocycles. The molecule has 1 fully saturated rings. The van der Waals surface area contributed by atoms with Crippen molar-refractivity contribution >= 4 is 0 Å². The van der Waals surface area contributed by atoms with Gasteiger partial charge in [0, 0.05) is 25.2 Å². The van der Waals surface area contributed by atoms with Crippen molar-refractivity contribution in [1.82, 2.24) is 9.80 Å². The standard InChI is InChI=1S/C18H31N3/c1-18(2,17(19)15-9-6-5-7-10-15)14-21-12-8-11-16(13-21)20(3)4/h5-7,9-10,16-17H,8,11-14,19H2,1-4H3. The summed E-state index contributed by atoms with van der Waals surface area (Å²) >= 11 is 0. The summed E-state index contributed by atoms with van der Waals surface area (Å²) in [6.45, 7) is 8.02. The van der Waals surface area contributed by atoms with E-state index in [0.29, 0.717) is 6.04 Å². The minimum atomic E-state index is 0.0789. The lowest BCUT2D eigenvalue weighted by atomic mass is 9.80. The molecule has 0 aromatic heterocycles. The summed E-state index contributed by atoms with van der Waals surface area (Å²) in [7, 11) is 4.38. The largest absolute Gasteiger partial charge is 0.323 e. The zero-order chi connectivity index (χ0) is 15.5. The molecule has 3 nitrogen and oxygen atoms in total. The Kier molecular flexibility index (Phi) is 5.42. The lowest BCUT2D eigenvalue weighted by Gasteiger charge is -2.42. The highest BCUT2D eigenvalue weighted by Gasteiger charge is 2.32. The minimum Gasteiger partial charge on any atom is -0.323 e. The molecule has 1 saturated heterocycles. The van der Waals surface area contributed by atoms with Crippen LogP contribution in [0.15, 0.2) is 30.3 Å². The number of nitrogens with zero attached hydrogens (tertiary/aromatic N) is 2. The van der Waals surface area contributed by atoms with Crippen LogP contribution in [0.2, 0.25) is 0 Å². The van der Waals surface area contributed by atoms with Crippen LogP contribution in [0.4, 0.5) is 0 Å². The zero-order valence-electron chi connectivity index (χ0n) is 14.0. The number of hydrogen-bond acceptors (Lipinski definition) is 3. The molecule has 0 saturated carbocycles. The van der Waals surface area contributed by atoms with Gasteiger partial charge in [-0.2, -0.15) is 0 Å². The van der Waals surface area contributed by atoms with Crippen LogP contribution in [0.3, 0.4) is 0 Å². The third-order valence-corrected chi connectivity index (χ3v) is 4.84. The second-order valence-electron chi connectivity index (χ2n) is 7.37. The van der Waals surface area contributed by atoms with Crippen LogP contribution in [0.5, 0.6) is 0 Å². The normalized spacial score (nSPS) is 22.5. The fourth-order valence-corrected chi connectivity index (χ4v) is 3.38. The van der Waals surface area contributed by atoms with Gasteiger partial charge in [0.05, 0.1) is 0 Å². The third-order valence-electron chi connectivity index (χ3n) is 4.84. The molecule has 1 aliphatic rings. The fraction of sp³-hybridized carbons (Fsp3) is 0.667. The van der Waals surface area contributed by atoms with Crippen LogP contribution in [-0.4, -0.2) is 49.6 Å². The van der Waals surface area contributed by atoms with Crippen molar-refractivity contribution in [3.8, 4) is 0 Å². The Bertz CT molecular complexity index is 427. The molecule has 0 aliphatic carbocycles. The number of hydrogen-bond donors (Lipinski definition) is 1. The quantitative estimate of drug-likeness (QED) is 0.904. The van der Waals surface area contributed by atoms with Gasteiger partial charge in [-0.05, 0) is 44.5 Å². The number of nitrogens with two attached hydrogens (primary N) is 1. The van der Waals surface area contributed by atoms with E-state index in [1.807, 2.05) is 0 Å². The first-order valence-electron chi connectivity index (χ1n) is 8.09. The van der Waals surface area contributed by atoms with Gasteiger partial charge in [-0.25, -0.2) is 0 Å². The molecule has 0 spiro atoms. The van der Waals surface area contributed by atoms with Crippen molar-refractivity contribution in [1.29, 1.82) is 0 Å². The third kappa shape index (κ3) is 4.29. The van der Waals surface area contributed by atoms with Crippen molar-refractivity contribution in [2.75, 3.05) is 33.7 Å². The molecule has 118 valence electrons. The van der Waals surface area contributed by atoms with E-state index in [2.05, 4.69) is 68.1 Å². The smallest absolute Gasteiger partial charge is 0.0359 e. The molecule has 21 heavy (non-hydrogen) atoms. The van der Waals surface area contributed by atoms with Gasteiger partial charge in [0.2, 0.25) is 0 Å². The Morgan fingerprint density at radius 2 is 1.95 bits per heavy atom. The number of likely N-dealkylation sites (N-methyl/N-ethyl adjacent to an activating group) is 1. The number of piperidine rings is 1. The molecule has 1 heterocycles. The van der Waals surface area contributed by atoms with Gasteiger partial charge in [0.15, 0.2) is 0 Å². The van der Waals surface area contributed by atoms with Gasteiger partial charge in [0.25, 0.3) is 0 Å². The van der Waals surface area contributed by atoms with E-state index in [1.54, 1.807) is 0 Å². The Hall–Kier alpha value is -0.900. The van der Waals surface area contributed by atoms with E-state index in [1.165, 1.54) is 24.9 Å². The molecule has 2 unspecified atom stereocenters. The summed E-state index contributed by atoms with van der Waals surface area (Å²) in [6.07, 6.45) is 2.61. The lowest BCUT2D eigenvalue weighted by molar-refractivity contribution is 0.0864. The van der Waals surface area contributed by atoms with Crippen LogP contribution in [-0.2, 0) is 0 Å². The maximum absolute atomic E-state index is 6.55. The molecule has 2 N–H and O–H groups in total. The number of rotatable bonds is 5. The van der Waals surface area contributed by atoms with Crippen LogP contribution in [0.25, 0.3) is 0 Å². The Morgan fingerprint density at radius 3 is 2.57 bits per heavy atom. The molecule has 1 aromatic rings. The van der Waals surface area contributed by atoms with Crippen molar-refractivity contribution < 1.29 is 0 Å². The minimum absolute atomic E-state index is 0.0789. The highest BCUT2D eigenvalue weighted by molar-refractivity contribution is 5.20. The summed E-state index contributed by atoms with van der Waals surface area (Å²) in [5.74, 6) is 0. The van der Waals surface area contributed by atoms with Crippen LogP contribution >= 0.6 is 0 Å².